The van der Waals surface area contributed by atoms with Gasteiger partial charge >= 0.3 is 0 Å². The van der Waals surface area contributed by atoms with Crippen molar-refractivity contribution in [3.8, 4) is 5.69 Å². The molecule has 0 saturated heterocycles. The number of carbonyl (C=O) groups excluding carboxylic acids is 1. The standard InChI is InChI=1S/C19H18N4O3/c1-13-19(14(2)22(21-13)16-6-4-3-5-7-16)20-18(24)12-15-8-10-17(11-9-15)23(25)26/h3-11H,12H2,1-2H3,(H,20,24). The van der Waals surface area contributed by atoms with Gasteiger partial charge < -0.3 is 5.32 Å². The zero-order chi connectivity index (χ0) is 18.7. The van der Waals surface area contributed by atoms with Crippen molar-refractivity contribution in [3.05, 3.63) is 81.7 Å². The average molecular weight is 350 g/mol. The number of rotatable bonds is 5. The first-order chi connectivity index (χ1) is 12.5. The molecule has 3 rings (SSSR count). The van der Waals surface area contributed by atoms with E-state index in [2.05, 4.69) is 10.4 Å². The number of carbonyl (C=O) groups is 1. The summed E-state index contributed by atoms with van der Waals surface area (Å²) < 4.78 is 1.79. The Hall–Kier alpha value is -3.48. The van der Waals surface area contributed by atoms with Crippen LogP contribution in [0.3, 0.4) is 0 Å². The van der Waals surface area contributed by atoms with Gasteiger partial charge in [-0.05, 0) is 31.5 Å². The van der Waals surface area contributed by atoms with Crippen LogP contribution in [0.5, 0.6) is 0 Å². The largest absolute Gasteiger partial charge is 0.323 e. The van der Waals surface area contributed by atoms with Gasteiger partial charge in [-0.3, -0.25) is 14.9 Å². The molecule has 26 heavy (non-hydrogen) atoms. The van der Waals surface area contributed by atoms with E-state index in [1.54, 1.807) is 16.8 Å². The van der Waals surface area contributed by atoms with Gasteiger partial charge in [0, 0.05) is 12.1 Å². The first kappa shape index (κ1) is 17.3. The fourth-order valence-electron chi connectivity index (χ4n) is 2.75. The smallest absolute Gasteiger partial charge is 0.269 e. The van der Waals surface area contributed by atoms with Crippen LogP contribution in [-0.4, -0.2) is 20.6 Å². The number of non-ortho nitro benzene ring substituents is 1. The lowest BCUT2D eigenvalue weighted by Gasteiger charge is -2.07. The van der Waals surface area contributed by atoms with Crippen LogP contribution in [-0.2, 0) is 11.2 Å². The number of nitro groups is 1. The molecular weight excluding hydrogens is 332 g/mol. The van der Waals surface area contributed by atoms with Crippen LogP contribution in [0.2, 0.25) is 0 Å². The molecule has 0 aliphatic rings. The molecule has 1 heterocycles. The third-order valence-corrected chi connectivity index (χ3v) is 4.07. The Morgan fingerprint density at radius 1 is 1.12 bits per heavy atom. The number of hydrogen-bond donors (Lipinski definition) is 1. The van der Waals surface area contributed by atoms with Gasteiger partial charge in [0.15, 0.2) is 0 Å². The number of nitrogens with zero attached hydrogens (tertiary/aromatic N) is 3. The maximum Gasteiger partial charge on any atom is 0.269 e. The van der Waals surface area contributed by atoms with Crippen molar-refractivity contribution in [1.29, 1.82) is 0 Å². The maximum atomic E-state index is 12.4. The Morgan fingerprint density at radius 3 is 2.38 bits per heavy atom. The highest BCUT2D eigenvalue weighted by atomic mass is 16.6. The van der Waals surface area contributed by atoms with E-state index in [9.17, 15) is 14.9 Å². The number of para-hydroxylation sites is 1. The second-order valence-electron chi connectivity index (χ2n) is 5.94. The molecule has 3 aromatic rings. The first-order valence-electron chi connectivity index (χ1n) is 8.10. The summed E-state index contributed by atoms with van der Waals surface area (Å²) in [7, 11) is 0. The number of anilines is 1. The molecule has 2 aromatic carbocycles. The highest BCUT2D eigenvalue weighted by molar-refractivity contribution is 5.93. The van der Waals surface area contributed by atoms with Gasteiger partial charge in [-0.15, -0.1) is 0 Å². The number of benzene rings is 2. The van der Waals surface area contributed by atoms with Crippen molar-refractivity contribution in [2.75, 3.05) is 5.32 Å². The van der Waals surface area contributed by atoms with E-state index in [4.69, 9.17) is 0 Å². The normalized spacial score (nSPS) is 10.5. The summed E-state index contributed by atoms with van der Waals surface area (Å²) in [6.07, 6.45) is 0.132. The molecule has 1 N–H and O–H groups in total. The van der Waals surface area contributed by atoms with E-state index in [0.717, 1.165) is 17.1 Å². The van der Waals surface area contributed by atoms with Crippen molar-refractivity contribution in [2.24, 2.45) is 0 Å². The lowest BCUT2D eigenvalue weighted by atomic mass is 10.1. The summed E-state index contributed by atoms with van der Waals surface area (Å²) in [6, 6.07) is 15.7. The lowest BCUT2D eigenvalue weighted by Crippen LogP contribution is -2.15. The van der Waals surface area contributed by atoms with Gasteiger partial charge in [-0.1, -0.05) is 30.3 Å². The molecule has 1 aromatic heterocycles. The topological polar surface area (TPSA) is 90.1 Å². The van der Waals surface area contributed by atoms with Crippen molar-refractivity contribution in [3.63, 3.8) is 0 Å². The Kier molecular flexibility index (Phi) is 4.79. The molecule has 0 saturated carbocycles. The summed E-state index contributed by atoms with van der Waals surface area (Å²) in [5.74, 6) is -0.197. The minimum Gasteiger partial charge on any atom is -0.323 e. The predicted molar refractivity (Wildman–Crippen MR) is 98.5 cm³/mol. The molecular formula is C19H18N4O3. The summed E-state index contributed by atoms with van der Waals surface area (Å²) in [6.45, 7) is 3.74. The van der Waals surface area contributed by atoms with Crippen LogP contribution in [0.15, 0.2) is 54.6 Å². The van der Waals surface area contributed by atoms with Gasteiger partial charge in [-0.2, -0.15) is 5.10 Å². The molecule has 0 aliphatic carbocycles. The van der Waals surface area contributed by atoms with Gasteiger partial charge in [0.25, 0.3) is 5.69 Å². The molecule has 0 fully saturated rings. The monoisotopic (exact) mass is 350 g/mol. The number of amides is 1. The second kappa shape index (κ2) is 7.18. The predicted octanol–water partition coefficient (Wildman–Crippen LogP) is 3.58. The van der Waals surface area contributed by atoms with E-state index in [1.165, 1.54) is 12.1 Å². The molecule has 0 spiro atoms. The number of aromatic nitrogens is 2. The van der Waals surface area contributed by atoms with Crippen molar-refractivity contribution in [2.45, 2.75) is 20.3 Å². The Bertz CT molecular complexity index is 947. The van der Waals surface area contributed by atoms with Crippen LogP contribution < -0.4 is 5.32 Å². The molecule has 0 radical (unpaired) electrons. The molecule has 0 aliphatic heterocycles. The zero-order valence-corrected chi connectivity index (χ0v) is 14.5. The van der Waals surface area contributed by atoms with E-state index in [0.29, 0.717) is 11.3 Å². The molecule has 132 valence electrons. The molecule has 0 unspecified atom stereocenters. The Labute approximate surface area is 150 Å². The zero-order valence-electron chi connectivity index (χ0n) is 14.5. The minimum atomic E-state index is -0.464. The fraction of sp³-hybridized carbons (Fsp3) is 0.158. The van der Waals surface area contributed by atoms with Crippen molar-refractivity contribution in [1.82, 2.24) is 9.78 Å². The van der Waals surface area contributed by atoms with Crippen molar-refractivity contribution < 1.29 is 9.72 Å². The van der Waals surface area contributed by atoms with Crippen LogP contribution in [0.4, 0.5) is 11.4 Å². The molecule has 1 amide bonds. The number of aryl methyl sites for hydroxylation is 1. The van der Waals surface area contributed by atoms with E-state index in [1.807, 2.05) is 44.2 Å². The van der Waals surface area contributed by atoms with Crippen LogP contribution in [0, 0.1) is 24.0 Å². The summed E-state index contributed by atoms with van der Waals surface area (Å²) in [5.41, 5.74) is 3.88. The number of nitro benzene ring substituents is 1. The van der Waals surface area contributed by atoms with E-state index >= 15 is 0 Å². The Morgan fingerprint density at radius 2 is 1.77 bits per heavy atom. The third-order valence-electron chi connectivity index (χ3n) is 4.07. The number of nitrogens with one attached hydrogen (secondary N) is 1. The summed E-state index contributed by atoms with van der Waals surface area (Å²) >= 11 is 0. The van der Waals surface area contributed by atoms with Gasteiger partial charge in [0.05, 0.1) is 34.1 Å². The summed E-state index contributed by atoms with van der Waals surface area (Å²) in [5, 5.41) is 18.1. The molecule has 7 nitrogen and oxygen atoms in total. The van der Waals surface area contributed by atoms with E-state index in [-0.39, 0.29) is 18.0 Å². The maximum absolute atomic E-state index is 12.4. The van der Waals surface area contributed by atoms with Gasteiger partial charge in [0.1, 0.15) is 0 Å². The highest BCUT2D eigenvalue weighted by Gasteiger charge is 2.15. The second-order valence-corrected chi connectivity index (χ2v) is 5.94. The van der Waals surface area contributed by atoms with E-state index < -0.39 is 4.92 Å². The van der Waals surface area contributed by atoms with Crippen LogP contribution in [0.25, 0.3) is 5.69 Å². The third kappa shape index (κ3) is 3.61. The van der Waals surface area contributed by atoms with Crippen LogP contribution in [0.1, 0.15) is 17.0 Å². The van der Waals surface area contributed by atoms with Gasteiger partial charge in [0.2, 0.25) is 5.91 Å². The lowest BCUT2D eigenvalue weighted by molar-refractivity contribution is -0.384. The SMILES string of the molecule is Cc1nn(-c2ccccc2)c(C)c1NC(=O)Cc1ccc([N+](=O)[O-])cc1. The molecule has 0 bridgehead atoms. The van der Waals surface area contributed by atoms with Gasteiger partial charge in [-0.25, -0.2) is 4.68 Å². The van der Waals surface area contributed by atoms with Crippen molar-refractivity contribution >= 4 is 17.3 Å². The first-order valence-corrected chi connectivity index (χ1v) is 8.10. The highest BCUT2D eigenvalue weighted by Crippen LogP contribution is 2.23. The molecule has 0 atom stereocenters. The average Bonchev–Trinajstić information content (AvgIpc) is 2.91. The Balaban J connectivity index is 1.75. The molecule has 7 heteroatoms. The van der Waals surface area contributed by atoms with Crippen LogP contribution >= 0.6 is 0 Å². The summed E-state index contributed by atoms with van der Waals surface area (Å²) in [4.78, 5) is 22.6. The minimum absolute atomic E-state index is 0.00462. The quantitative estimate of drug-likeness (QED) is 0.562. The fourth-order valence-corrected chi connectivity index (χ4v) is 2.75. The number of hydrogen-bond acceptors (Lipinski definition) is 4.